The molecular formula is C75H93N3O6. The highest BCUT2D eigenvalue weighted by atomic mass is 16.3. The molecule has 84 heavy (non-hydrogen) atoms. The lowest BCUT2D eigenvalue weighted by molar-refractivity contribution is -0.127. The van der Waals surface area contributed by atoms with Crippen molar-refractivity contribution >= 4 is 34.8 Å². The highest BCUT2D eigenvalue weighted by molar-refractivity contribution is 5.93. The molecule has 9 heteroatoms. The van der Waals surface area contributed by atoms with Crippen LogP contribution >= 0.6 is 0 Å². The lowest BCUT2D eigenvalue weighted by Gasteiger charge is -2.41. The maximum absolute atomic E-state index is 12.9. The van der Waals surface area contributed by atoms with Crippen molar-refractivity contribution in [3.63, 3.8) is 0 Å². The second-order valence-corrected chi connectivity index (χ2v) is 27.1. The van der Waals surface area contributed by atoms with Gasteiger partial charge in [-0.15, -0.1) is 0 Å². The van der Waals surface area contributed by atoms with Crippen LogP contribution in [-0.4, -0.2) is 49.8 Å². The Morgan fingerprint density at radius 3 is 0.726 bits per heavy atom. The quantitative estimate of drug-likeness (QED) is 0.0849. The molecule has 0 radical (unpaired) electrons. The summed E-state index contributed by atoms with van der Waals surface area (Å²) >= 11 is 0. The molecule has 6 atom stereocenters. The molecule has 3 fully saturated rings. The van der Waals surface area contributed by atoms with Gasteiger partial charge in [0.25, 0.3) is 0 Å². The van der Waals surface area contributed by atoms with Gasteiger partial charge in [-0.3, -0.25) is 14.4 Å². The summed E-state index contributed by atoms with van der Waals surface area (Å²) < 4.78 is 0. The van der Waals surface area contributed by atoms with Crippen LogP contribution in [0.5, 0.6) is 0 Å². The van der Waals surface area contributed by atoms with E-state index >= 15 is 0 Å². The summed E-state index contributed by atoms with van der Waals surface area (Å²) in [6.07, 6.45) is 7.47. The van der Waals surface area contributed by atoms with E-state index in [1.54, 1.807) is 0 Å². The van der Waals surface area contributed by atoms with E-state index in [0.29, 0.717) is 0 Å². The molecule has 0 saturated heterocycles. The second-order valence-electron chi connectivity index (χ2n) is 27.1. The number of hydrogen-bond donors (Lipinski definition) is 6. The van der Waals surface area contributed by atoms with Gasteiger partial charge in [-0.05, 0) is 129 Å². The van der Waals surface area contributed by atoms with Crippen LogP contribution in [0.15, 0.2) is 199 Å². The average molecular weight is 1130 g/mol. The molecule has 0 unspecified atom stereocenters. The third-order valence-electron chi connectivity index (χ3n) is 16.6. The maximum atomic E-state index is 12.9. The molecule has 3 amide bonds. The Bertz CT molecular complexity index is 2880. The van der Waals surface area contributed by atoms with E-state index in [-0.39, 0.29) is 35.5 Å². The fourth-order valence-corrected chi connectivity index (χ4v) is 12.1. The first-order chi connectivity index (χ1) is 39.6. The standard InChI is InChI=1S/3C25H31NO2/c3*1-24(2,3)23(27)26-22(19-14-9-6-10-15-19)20-16-11-17-25(4,28)21(20)18-12-7-5-8-13-18/h3*5-10,12-15,21,28H,11,16-17H2,1-4H3,(H,26,27)/b3*22-20-/t3*21-,25+/m000/s1. The van der Waals surface area contributed by atoms with Gasteiger partial charge in [0.1, 0.15) is 0 Å². The summed E-state index contributed by atoms with van der Waals surface area (Å²) in [6, 6.07) is 60.4. The fourth-order valence-electron chi connectivity index (χ4n) is 12.1. The summed E-state index contributed by atoms with van der Waals surface area (Å²) in [6.45, 7) is 23.0. The first kappa shape index (κ1) is 64.4. The largest absolute Gasteiger partial charge is 0.389 e. The monoisotopic (exact) mass is 1130 g/mol. The van der Waals surface area contributed by atoms with E-state index in [1.165, 1.54) is 0 Å². The van der Waals surface area contributed by atoms with Crippen molar-refractivity contribution < 1.29 is 29.7 Å². The van der Waals surface area contributed by atoms with Crippen LogP contribution in [0, 0.1) is 16.2 Å². The normalized spacial score (nSPS) is 24.5. The molecule has 0 aliphatic heterocycles. The Kier molecular flexibility index (Phi) is 20.9. The number of aliphatic hydroxyl groups is 3. The maximum Gasteiger partial charge on any atom is 0.229 e. The highest BCUT2D eigenvalue weighted by Gasteiger charge is 2.44. The van der Waals surface area contributed by atoms with Gasteiger partial charge in [0.15, 0.2) is 0 Å². The van der Waals surface area contributed by atoms with Gasteiger partial charge in [0, 0.05) is 51.1 Å². The first-order valence-corrected chi connectivity index (χ1v) is 30.2. The summed E-state index contributed by atoms with van der Waals surface area (Å²) in [5.74, 6) is -0.517. The third kappa shape index (κ3) is 16.4. The van der Waals surface area contributed by atoms with Gasteiger partial charge in [-0.2, -0.15) is 0 Å². The second kappa shape index (κ2) is 27.2. The number of rotatable bonds is 9. The van der Waals surface area contributed by atoms with Crippen molar-refractivity contribution in [1.29, 1.82) is 0 Å². The van der Waals surface area contributed by atoms with Crippen LogP contribution in [0.3, 0.4) is 0 Å². The summed E-state index contributed by atoms with van der Waals surface area (Å²) in [4.78, 5) is 38.7. The minimum atomic E-state index is -0.860. The minimum absolute atomic E-state index is 0.0177. The molecule has 0 spiro atoms. The topological polar surface area (TPSA) is 148 Å². The van der Waals surface area contributed by atoms with E-state index in [1.807, 2.05) is 229 Å². The fraction of sp³-hybridized carbons (Fsp3) is 0.400. The van der Waals surface area contributed by atoms with Gasteiger partial charge < -0.3 is 31.3 Å². The van der Waals surface area contributed by atoms with Crippen molar-refractivity contribution in [1.82, 2.24) is 16.0 Å². The van der Waals surface area contributed by atoms with Crippen LogP contribution in [-0.2, 0) is 14.4 Å². The van der Waals surface area contributed by atoms with Crippen LogP contribution in [0.1, 0.15) is 192 Å². The van der Waals surface area contributed by atoms with E-state index in [2.05, 4.69) is 52.3 Å². The Morgan fingerprint density at radius 1 is 0.345 bits per heavy atom. The third-order valence-corrected chi connectivity index (χ3v) is 16.6. The Morgan fingerprint density at radius 2 is 0.536 bits per heavy atom. The zero-order valence-corrected chi connectivity index (χ0v) is 52.0. The van der Waals surface area contributed by atoms with Gasteiger partial charge in [-0.25, -0.2) is 0 Å². The lowest BCUT2D eigenvalue weighted by atomic mass is 9.69. The zero-order valence-electron chi connectivity index (χ0n) is 52.0. The average Bonchev–Trinajstić information content (AvgIpc) is 2.34. The molecule has 6 aromatic carbocycles. The van der Waals surface area contributed by atoms with Crippen LogP contribution in [0.4, 0.5) is 0 Å². The Labute approximate surface area is 501 Å². The van der Waals surface area contributed by atoms with Crippen LogP contribution in [0.2, 0.25) is 0 Å². The van der Waals surface area contributed by atoms with E-state index in [4.69, 9.17) is 0 Å². The molecule has 9 nitrogen and oxygen atoms in total. The summed E-state index contributed by atoms with van der Waals surface area (Å²) in [5.41, 5.74) is 7.95. The number of nitrogens with one attached hydrogen (secondary N) is 3. The zero-order chi connectivity index (χ0) is 61.1. The van der Waals surface area contributed by atoms with Crippen molar-refractivity contribution in [2.45, 2.75) is 175 Å². The van der Waals surface area contributed by atoms with Gasteiger partial charge >= 0.3 is 0 Å². The highest BCUT2D eigenvalue weighted by Crippen LogP contribution is 2.50. The number of hydrogen-bond acceptors (Lipinski definition) is 6. The first-order valence-electron chi connectivity index (χ1n) is 30.2. The molecule has 3 aliphatic carbocycles. The van der Waals surface area contributed by atoms with Gasteiger partial charge in [0.05, 0.1) is 16.8 Å². The predicted octanol–water partition coefficient (Wildman–Crippen LogP) is 15.8. The molecule has 444 valence electrons. The molecule has 0 bridgehead atoms. The molecule has 0 aromatic heterocycles. The number of carbonyl (C=O) groups excluding carboxylic acids is 3. The van der Waals surface area contributed by atoms with Crippen molar-refractivity contribution in [2.75, 3.05) is 0 Å². The number of benzene rings is 6. The molecule has 3 saturated carbocycles. The molecule has 6 aromatic rings. The molecule has 3 aliphatic rings. The Hall–Kier alpha value is -7.17. The molecular weight excluding hydrogens is 1040 g/mol. The number of amides is 3. The van der Waals surface area contributed by atoms with Gasteiger partial charge in [-0.1, -0.05) is 244 Å². The minimum Gasteiger partial charge on any atom is -0.389 e. The van der Waals surface area contributed by atoms with E-state index in [0.717, 1.165) is 125 Å². The number of carbonyl (C=O) groups is 3. The smallest absolute Gasteiger partial charge is 0.229 e. The Balaban J connectivity index is 0.000000181. The van der Waals surface area contributed by atoms with E-state index in [9.17, 15) is 29.7 Å². The summed E-state index contributed by atoms with van der Waals surface area (Å²) in [7, 11) is 0. The SMILES string of the molecule is CC(C)(C)C(=O)N/C(=C1/CCC[C@@](C)(O)[C@H]1c1ccccc1)c1ccccc1.CC(C)(C)C(=O)N/C(=C1/CCC[C@@](C)(O)[C@H]1c1ccccc1)c1ccccc1.CC(C)(C)C(=O)N/C(=C1/CCC[C@@](C)(O)[C@H]1c1ccccc1)c1ccccc1. The van der Waals surface area contributed by atoms with Crippen LogP contribution in [0.25, 0.3) is 17.1 Å². The molecule has 6 N–H and O–H groups in total. The predicted molar refractivity (Wildman–Crippen MR) is 344 cm³/mol. The van der Waals surface area contributed by atoms with Gasteiger partial charge in [0.2, 0.25) is 17.7 Å². The molecule has 0 heterocycles. The van der Waals surface area contributed by atoms with Crippen molar-refractivity contribution in [3.05, 3.63) is 232 Å². The molecule has 9 rings (SSSR count). The van der Waals surface area contributed by atoms with E-state index < -0.39 is 33.0 Å². The van der Waals surface area contributed by atoms with Crippen molar-refractivity contribution in [3.8, 4) is 0 Å². The van der Waals surface area contributed by atoms with Crippen LogP contribution < -0.4 is 16.0 Å². The van der Waals surface area contributed by atoms with Crippen molar-refractivity contribution in [2.24, 2.45) is 16.2 Å². The lowest BCUT2D eigenvalue weighted by Crippen LogP contribution is -2.40. The summed E-state index contributed by atoms with van der Waals surface area (Å²) in [5, 5.41) is 43.5.